The lowest BCUT2D eigenvalue weighted by Crippen LogP contribution is -2.68. The molecule has 3 saturated carbocycles. The van der Waals surface area contributed by atoms with E-state index in [0.717, 1.165) is 19.3 Å². The van der Waals surface area contributed by atoms with E-state index < -0.39 is 0 Å². The maximum atomic E-state index is 8.38. The molecule has 0 unspecified atom stereocenters. The minimum Gasteiger partial charge on any atom is -0.245 e. The number of hydrogen-bond donors (Lipinski definition) is 0. The molecule has 0 radical (unpaired) electrons. The van der Waals surface area contributed by atoms with E-state index >= 15 is 0 Å². The Labute approximate surface area is 80.8 Å². The van der Waals surface area contributed by atoms with Crippen LogP contribution in [0.5, 0.6) is 0 Å². The Hall–Kier alpha value is -1.61. The Kier molecular flexibility index (Phi) is 1.25. The molecule has 0 aromatic carbocycles. The van der Waals surface area contributed by atoms with E-state index in [2.05, 4.69) is 20.0 Å². The van der Waals surface area contributed by atoms with Gasteiger partial charge < -0.3 is 0 Å². The Bertz CT molecular complexity index is 400. The summed E-state index contributed by atoms with van der Waals surface area (Å²) >= 11 is 0. The fourth-order valence-electron chi connectivity index (χ4n) is 2.81. The molecule has 0 amide bonds. The summed E-state index contributed by atoms with van der Waals surface area (Å²) in [4.78, 5) is 10.9. The number of rotatable bonds is 2. The molecule has 1 heterocycles. The average molecular weight is 187 g/mol. The van der Waals surface area contributed by atoms with Crippen molar-refractivity contribution in [2.45, 2.75) is 30.2 Å². The van der Waals surface area contributed by atoms with Gasteiger partial charge in [-0.05, 0) is 30.4 Å². The standard InChI is InChI=1S/C9H9N5/c10-14-13-9-3-8(4-9,5-9)7-1-11-6-12-2-7/h1-2,6H,3-5H2. The van der Waals surface area contributed by atoms with Gasteiger partial charge in [-0.1, -0.05) is 5.11 Å². The van der Waals surface area contributed by atoms with Crippen LogP contribution in [0.1, 0.15) is 24.8 Å². The van der Waals surface area contributed by atoms with Gasteiger partial charge >= 0.3 is 0 Å². The van der Waals surface area contributed by atoms with Crippen molar-refractivity contribution < 1.29 is 0 Å². The Morgan fingerprint density at radius 1 is 1.29 bits per heavy atom. The molecule has 3 aliphatic carbocycles. The number of nitrogens with zero attached hydrogens (tertiary/aromatic N) is 5. The first-order chi connectivity index (χ1) is 6.79. The van der Waals surface area contributed by atoms with Gasteiger partial charge in [0.05, 0.1) is 5.54 Å². The van der Waals surface area contributed by atoms with Crippen LogP contribution in [0.4, 0.5) is 0 Å². The third kappa shape index (κ3) is 0.775. The summed E-state index contributed by atoms with van der Waals surface area (Å²) in [7, 11) is 0. The van der Waals surface area contributed by atoms with E-state index in [9.17, 15) is 0 Å². The molecule has 0 saturated heterocycles. The molecule has 0 atom stereocenters. The highest BCUT2D eigenvalue weighted by molar-refractivity contribution is 5.39. The number of azide groups is 1. The van der Waals surface area contributed by atoms with Gasteiger partial charge in [-0.25, -0.2) is 9.97 Å². The summed E-state index contributed by atoms with van der Waals surface area (Å²) in [5.41, 5.74) is 9.74. The van der Waals surface area contributed by atoms with Crippen molar-refractivity contribution in [3.05, 3.63) is 34.7 Å². The molecule has 70 valence electrons. The lowest BCUT2D eigenvalue weighted by atomic mass is 9.38. The Balaban J connectivity index is 1.85. The fourth-order valence-corrected chi connectivity index (χ4v) is 2.81. The Morgan fingerprint density at radius 3 is 2.50 bits per heavy atom. The summed E-state index contributed by atoms with van der Waals surface area (Å²) in [6.07, 6.45) is 8.18. The summed E-state index contributed by atoms with van der Waals surface area (Å²) < 4.78 is 0. The van der Waals surface area contributed by atoms with Crippen molar-refractivity contribution in [2.24, 2.45) is 5.11 Å². The van der Waals surface area contributed by atoms with Crippen LogP contribution >= 0.6 is 0 Å². The molecule has 1 aromatic rings. The monoisotopic (exact) mass is 187 g/mol. The van der Waals surface area contributed by atoms with Crippen LogP contribution in [0, 0.1) is 0 Å². The van der Waals surface area contributed by atoms with Gasteiger partial charge in [0.15, 0.2) is 0 Å². The van der Waals surface area contributed by atoms with Gasteiger partial charge in [-0.15, -0.1) is 0 Å². The van der Waals surface area contributed by atoms with Crippen LogP contribution in [0.25, 0.3) is 10.4 Å². The number of hydrogen-bond acceptors (Lipinski definition) is 3. The molecule has 5 heteroatoms. The fraction of sp³-hybridized carbons (Fsp3) is 0.556. The second kappa shape index (κ2) is 2.25. The van der Waals surface area contributed by atoms with Gasteiger partial charge in [0.2, 0.25) is 0 Å². The molecule has 2 bridgehead atoms. The summed E-state index contributed by atoms with van der Waals surface area (Å²) in [5.74, 6) is 0. The van der Waals surface area contributed by atoms with E-state index in [4.69, 9.17) is 5.53 Å². The zero-order chi connectivity index (χ0) is 9.65. The van der Waals surface area contributed by atoms with Gasteiger partial charge in [0, 0.05) is 22.7 Å². The highest BCUT2D eigenvalue weighted by Gasteiger charge is 2.68. The SMILES string of the molecule is [N-]=[N+]=NC12CC(c3cncnc3)(C1)C2. The molecular weight excluding hydrogens is 178 g/mol. The van der Waals surface area contributed by atoms with Crippen LogP contribution in [0.3, 0.4) is 0 Å². The van der Waals surface area contributed by atoms with E-state index in [1.165, 1.54) is 11.9 Å². The zero-order valence-corrected chi connectivity index (χ0v) is 7.59. The first kappa shape index (κ1) is 7.76. The van der Waals surface area contributed by atoms with Crippen molar-refractivity contribution in [1.82, 2.24) is 9.97 Å². The van der Waals surface area contributed by atoms with Crippen LogP contribution in [-0.4, -0.2) is 15.5 Å². The zero-order valence-electron chi connectivity index (χ0n) is 7.59. The lowest BCUT2D eigenvalue weighted by molar-refractivity contribution is -0.0588. The average Bonchev–Trinajstić information content (AvgIpc) is 2.10. The minimum absolute atomic E-state index is 0.0649. The molecule has 0 spiro atoms. The van der Waals surface area contributed by atoms with Crippen LogP contribution in [0.15, 0.2) is 23.8 Å². The summed E-state index contributed by atoms with van der Waals surface area (Å²) in [6, 6.07) is 0. The first-order valence-electron chi connectivity index (χ1n) is 4.61. The highest BCUT2D eigenvalue weighted by Crippen LogP contribution is 2.69. The molecular formula is C9H9N5. The predicted octanol–water partition coefficient (Wildman–Crippen LogP) is 1.96. The van der Waals surface area contributed by atoms with Crippen molar-refractivity contribution in [2.75, 3.05) is 0 Å². The van der Waals surface area contributed by atoms with Crippen molar-refractivity contribution in [3.63, 3.8) is 0 Å². The normalized spacial score (nSPS) is 37.7. The first-order valence-corrected chi connectivity index (χ1v) is 4.61. The second-order valence-corrected chi connectivity index (χ2v) is 4.35. The van der Waals surface area contributed by atoms with Crippen LogP contribution in [0.2, 0.25) is 0 Å². The largest absolute Gasteiger partial charge is 0.245 e. The van der Waals surface area contributed by atoms with Gasteiger partial charge in [-0.2, -0.15) is 0 Å². The van der Waals surface area contributed by atoms with E-state index in [-0.39, 0.29) is 11.0 Å². The van der Waals surface area contributed by atoms with Gasteiger partial charge in [0.25, 0.3) is 0 Å². The van der Waals surface area contributed by atoms with Gasteiger partial charge in [0.1, 0.15) is 6.33 Å². The molecule has 3 fully saturated rings. The summed E-state index contributed by atoms with van der Waals surface area (Å²) in [5, 5.41) is 3.84. The number of aromatic nitrogens is 2. The third-order valence-corrected chi connectivity index (χ3v) is 3.43. The predicted molar refractivity (Wildman–Crippen MR) is 49.4 cm³/mol. The van der Waals surface area contributed by atoms with Crippen LogP contribution in [-0.2, 0) is 5.41 Å². The molecule has 0 N–H and O–H groups in total. The second-order valence-electron chi connectivity index (χ2n) is 4.35. The maximum absolute atomic E-state index is 8.38. The molecule has 5 nitrogen and oxygen atoms in total. The summed E-state index contributed by atoms with van der Waals surface area (Å²) in [6.45, 7) is 0. The minimum atomic E-state index is -0.0649. The maximum Gasteiger partial charge on any atom is 0.115 e. The molecule has 14 heavy (non-hydrogen) atoms. The quantitative estimate of drug-likeness (QED) is 0.403. The lowest BCUT2D eigenvalue weighted by Gasteiger charge is -2.68. The van der Waals surface area contributed by atoms with Crippen LogP contribution < -0.4 is 0 Å². The van der Waals surface area contributed by atoms with E-state index in [1.54, 1.807) is 0 Å². The highest BCUT2D eigenvalue weighted by atomic mass is 15.2. The molecule has 3 aliphatic rings. The smallest absolute Gasteiger partial charge is 0.115 e. The third-order valence-electron chi connectivity index (χ3n) is 3.43. The molecule has 1 aromatic heterocycles. The molecule has 4 rings (SSSR count). The van der Waals surface area contributed by atoms with Crippen molar-refractivity contribution >= 4 is 0 Å². The van der Waals surface area contributed by atoms with E-state index in [0.29, 0.717) is 0 Å². The molecule has 0 aliphatic heterocycles. The van der Waals surface area contributed by atoms with E-state index in [1.807, 2.05) is 12.4 Å². The van der Waals surface area contributed by atoms with Crippen molar-refractivity contribution in [3.8, 4) is 0 Å². The topological polar surface area (TPSA) is 74.5 Å². The van der Waals surface area contributed by atoms with Gasteiger partial charge in [-0.3, -0.25) is 0 Å². The van der Waals surface area contributed by atoms with Crippen molar-refractivity contribution in [1.29, 1.82) is 0 Å². The Morgan fingerprint density at radius 2 is 1.93 bits per heavy atom.